The molecule has 0 bridgehead atoms. The highest BCUT2D eigenvalue weighted by Crippen LogP contribution is 2.26. The van der Waals surface area contributed by atoms with Crippen LogP contribution in [0.5, 0.6) is 0 Å². The molecule has 0 spiro atoms. The smallest absolute Gasteiger partial charge is 0.243 e. The van der Waals surface area contributed by atoms with Gasteiger partial charge in [0.05, 0.1) is 11.5 Å². The second kappa shape index (κ2) is 5.48. The van der Waals surface area contributed by atoms with Crippen LogP contribution in [0, 0.1) is 6.92 Å². The van der Waals surface area contributed by atoms with Crippen molar-refractivity contribution < 1.29 is 13.5 Å². The summed E-state index contributed by atoms with van der Waals surface area (Å²) < 4.78 is 26.6. The fraction of sp³-hybridized carbons (Fsp3) is 0.538. The molecule has 1 aliphatic heterocycles. The van der Waals surface area contributed by atoms with Crippen LogP contribution in [0.25, 0.3) is 0 Å². The number of anilines is 1. The van der Waals surface area contributed by atoms with Crippen LogP contribution < -0.4 is 5.73 Å². The molecule has 3 N–H and O–H groups in total. The third-order valence-corrected chi connectivity index (χ3v) is 5.59. The van der Waals surface area contributed by atoms with Crippen LogP contribution in [0.2, 0.25) is 0 Å². The van der Waals surface area contributed by atoms with Crippen LogP contribution in [-0.2, 0) is 10.0 Å². The summed E-state index contributed by atoms with van der Waals surface area (Å²) in [5.74, 6) is 0. The molecule has 1 atom stereocenters. The number of nitrogens with zero attached hydrogens (tertiary/aromatic N) is 1. The maximum absolute atomic E-state index is 12.6. The highest BCUT2D eigenvalue weighted by atomic mass is 32.2. The minimum Gasteiger partial charge on any atom is -0.398 e. The molecule has 0 aromatic heterocycles. The largest absolute Gasteiger partial charge is 0.398 e. The topological polar surface area (TPSA) is 83.6 Å². The second-order valence-corrected chi connectivity index (χ2v) is 6.86. The maximum Gasteiger partial charge on any atom is 0.243 e. The Morgan fingerprint density at radius 1 is 1.42 bits per heavy atom. The summed E-state index contributed by atoms with van der Waals surface area (Å²) in [6.07, 6.45) is 2.49. The third-order valence-electron chi connectivity index (χ3n) is 3.64. The van der Waals surface area contributed by atoms with Gasteiger partial charge >= 0.3 is 0 Å². The van der Waals surface area contributed by atoms with Gasteiger partial charge in [-0.2, -0.15) is 4.31 Å². The van der Waals surface area contributed by atoms with E-state index in [1.54, 1.807) is 12.1 Å². The number of benzene rings is 1. The number of aliphatic hydroxyl groups is 1. The number of sulfonamides is 1. The summed E-state index contributed by atoms with van der Waals surface area (Å²) in [6.45, 7) is 2.16. The average Bonchev–Trinajstić information content (AvgIpc) is 2.41. The lowest BCUT2D eigenvalue weighted by Gasteiger charge is -2.33. The summed E-state index contributed by atoms with van der Waals surface area (Å²) >= 11 is 0. The Balaban J connectivity index is 2.37. The first-order chi connectivity index (χ1) is 8.96. The van der Waals surface area contributed by atoms with Crippen LogP contribution >= 0.6 is 0 Å². The molecular formula is C13H20N2O3S. The highest BCUT2D eigenvalue weighted by Gasteiger charge is 2.33. The number of nitrogens with two attached hydrogens (primary N) is 1. The van der Waals surface area contributed by atoms with Gasteiger partial charge in [-0.1, -0.05) is 12.5 Å². The number of aryl methyl sites for hydroxylation is 1. The predicted octanol–water partition coefficient (Wildman–Crippen LogP) is 1.11. The first kappa shape index (κ1) is 14.3. The number of nitrogen functional groups attached to an aromatic ring is 1. The van der Waals surface area contributed by atoms with Crippen molar-refractivity contribution in [2.45, 2.75) is 37.1 Å². The fourth-order valence-corrected chi connectivity index (χ4v) is 4.11. The molecule has 106 valence electrons. The lowest BCUT2D eigenvalue weighted by atomic mass is 10.1. The number of aliphatic hydroxyl groups excluding tert-OH is 1. The van der Waals surface area contributed by atoms with Gasteiger partial charge in [0, 0.05) is 18.3 Å². The van der Waals surface area contributed by atoms with Crippen LogP contribution in [0.1, 0.15) is 24.8 Å². The van der Waals surface area contributed by atoms with Crippen molar-refractivity contribution in [3.05, 3.63) is 23.8 Å². The van der Waals surface area contributed by atoms with Crippen molar-refractivity contribution in [1.82, 2.24) is 4.31 Å². The van der Waals surface area contributed by atoms with Gasteiger partial charge in [-0.05, 0) is 37.5 Å². The molecule has 1 saturated heterocycles. The van der Waals surface area contributed by atoms with E-state index < -0.39 is 10.0 Å². The summed E-state index contributed by atoms with van der Waals surface area (Å²) in [5.41, 5.74) is 7.11. The van der Waals surface area contributed by atoms with E-state index in [0.717, 1.165) is 18.4 Å². The quantitative estimate of drug-likeness (QED) is 0.815. The summed E-state index contributed by atoms with van der Waals surface area (Å²) in [5, 5.41) is 9.34. The molecule has 1 heterocycles. The normalized spacial score (nSPS) is 21.5. The second-order valence-electron chi connectivity index (χ2n) is 4.97. The Kier molecular flexibility index (Phi) is 4.13. The highest BCUT2D eigenvalue weighted by molar-refractivity contribution is 7.89. The molecule has 1 aromatic rings. The molecular weight excluding hydrogens is 264 g/mol. The van der Waals surface area contributed by atoms with E-state index in [1.807, 2.05) is 6.92 Å². The Morgan fingerprint density at radius 3 is 2.79 bits per heavy atom. The third kappa shape index (κ3) is 2.75. The lowest BCUT2D eigenvalue weighted by Crippen LogP contribution is -2.45. The number of piperidine rings is 1. The average molecular weight is 284 g/mol. The number of hydrogen-bond donors (Lipinski definition) is 2. The summed E-state index contributed by atoms with van der Waals surface area (Å²) in [6, 6.07) is 4.46. The molecule has 0 radical (unpaired) electrons. The minimum absolute atomic E-state index is 0.138. The predicted molar refractivity (Wildman–Crippen MR) is 74.2 cm³/mol. The van der Waals surface area contributed by atoms with E-state index in [4.69, 9.17) is 5.73 Å². The molecule has 1 aliphatic rings. The van der Waals surface area contributed by atoms with Gasteiger partial charge in [0.1, 0.15) is 0 Å². The Hall–Kier alpha value is -1.11. The molecule has 1 fully saturated rings. The van der Waals surface area contributed by atoms with Crippen molar-refractivity contribution in [1.29, 1.82) is 0 Å². The van der Waals surface area contributed by atoms with Crippen molar-refractivity contribution in [2.75, 3.05) is 18.9 Å². The van der Waals surface area contributed by atoms with E-state index in [0.29, 0.717) is 18.7 Å². The van der Waals surface area contributed by atoms with Gasteiger partial charge in [-0.3, -0.25) is 0 Å². The minimum atomic E-state index is -3.57. The molecule has 2 rings (SSSR count). The van der Waals surface area contributed by atoms with Crippen LogP contribution in [-0.4, -0.2) is 37.0 Å². The summed E-state index contributed by atoms with van der Waals surface area (Å²) in [7, 11) is -3.57. The van der Waals surface area contributed by atoms with Gasteiger partial charge in [0.2, 0.25) is 10.0 Å². The van der Waals surface area contributed by atoms with Crippen molar-refractivity contribution in [3.8, 4) is 0 Å². The van der Waals surface area contributed by atoms with Crippen LogP contribution in [0.4, 0.5) is 5.69 Å². The molecule has 19 heavy (non-hydrogen) atoms. The van der Waals surface area contributed by atoms with E-state index in [9.17, 15) is 13.5 Å². The van der Waals surface area contributed by atoms with Gasteiger partial charge in [-0.15, -0.1) is 0 Å². The number of rotatable bonds is 3. The van der Waals surface area contributed by atoms with Crippen LogP contribution in [0.3, 0.4) is 0 Å². The zero-order valence-electron chi connectivity index (χ0n) is 11.0. The summed E-state index contributed by atoms with van der Waals surface area (Å²) in [4.78, 5) is 0.205. The Bertz CT molecular complexity index is 557. The Morgan fingerprint density at radius 2 is 2.16 bits per heavy atom. The van der Waals surface area contributed by atoms with Gasteiger partial charge in [-0.25, -0.2) is 8.42 Å². The molecule has 0 aliphatic carbocycles. The molecule has 6 heteroatoms. The SMILES string of the molecule is Cc1ccc(S(=O)(=O)N2CCCCC2CO)cc1N. The molecule has 0 saturated carbocycles. The first-order valence-electron chi connectivity index (χ1n) is 6.45. The van der Waals surface area contributed by atoms with Crippen LogP contribution in [0.15, 0.2) is 23.1 Å². The molecule has 0 amide bonds. The fourth-order valence-electron chi connectivity index (χ4n) is 2.39. The van der Waals surface area contributed by atoms with Gasteiger partial charge < -0.3 is 10.8 Å². The zero-order chi connectivity index (χ0) is 14.0. The molecule has 5 nitrogen and oxygen atoms in total. The van der Waals surface area contributed by atoms with E-state index in [1.165, 1.54) is 10.4 Å². The van der Waals surface area contributed by atoms with Crippen molar-refractivity contribution >= 4 is 15.7 Å². The zero-order valence-corrected chi connectivity index (χ0v) is 11.9. The van der Waals surface area contributed by atoms with Gasteiger partial charge in [0.15, 0.2) is 0 Å². The van der Waals surface area contributed by atoms with E-state index in [-0.39, 0.29) is 17.5 Å². The first-order valence-corrected chi connectivity index (χ1v) is 7.89. The molecule has 1 aromatic carbocycles. The van der Waals surface area contributed by atoms with Gasteiger partial charge in [0.25, 0.3) is 0 Å². The van der Waals surface area contributed by atoms with Crippen molar-refractivity contribution in [3.63, 3.8) is 0 Å². The standard InChI is InChI=1S/C13H20N2O3S/c1-10-5-6-12(8-13(10)14)19(17,18)15-7-3-2-4-11(15)9-16/h5-6,8,11,16H,2-4,7,9,14H2,1H3. The monoisotopic (exact) mass is 284 g/mol. The van der Waals surface area contributed by atoms with E-state index >= 15 is 0 Å². The van der Waals surface area contributed by atoms with Crippen molar-refractivity contribution in [2.24, 2.45) is 0 Å². The number of hydrogen-bond acceptors (Lipinski definition) is 4. The van der Waals surface area contributed by atoms with E-state index in [2.05, 4.69) is 0 Å². The lowest BCUT2D eigenvalue weighted by molar-refractivity contribution is 0.155. The Labute approximate surface area is 114 Å². The molecule has 1 unspecified atom stereocenters. The maximum atomic E-state index is 12.6.